The van der Waals surface area contributed by atoms with E-state index in [9.17, 15) is 35.6 Å². The van der Waals surface area contributed by atoms with Crippen LogP contribution in [0.1, 0.15) is 39.7 Å². The number of sulfonamides is 1. The Balaban J connectivity index is 2.08. The Hall–Kier alpha value is -3.15. The third kappa shape index (κ3) is 7.00. The highest BCUT2D eigenvalue weighted by Gasteiger charge is 2.50. The minimum absolute atomic E-state index is 0.0922. The molecule has 0 saturated carbocycles. The molecule has 2 aromatic rings. The molecule has 2 aromatic carbocycles. The normalized spacial score (nSPS) is 17.0. The molecule has 1 aliphatic heterocycles. The van der Waals surface area contributed by atoms with Gasteiger partial charge in [-0.3, -0.25) is 9.10 Å². The maximum Gasteiger partial charge on any atom is 0.395 e. The molecule has 0 bridgehead atoms. The first-order valence-corrected chi connectivity index (χ1v) is 12.8. The SMILES string of the molecule is CC(=O)C[C@@H]([C@@H]1CN(S(=O)(=O)c2ccc(F)cc2)c2cc(CC(=O)OC(C)(C)C)ccc2O1)C(F)(F)F. The molecule has 0 saturated heterocycles. The fraction of sp³-hybridized carbons (Fsp3) is 0.440. The fourth-order valence-electron chi connectivity index (χ4n) is 3.91. The molecule has 0 amide bonds. The summed E-state index contributed by atoms with van der Waals surface area (Å²) in [5.74, 6) is -4.47. The van der Waals surface area contributed by atoms with Crippen LogP contribution in [-0.4, -0.2) is 44.6 Å². The predicted molar refractivity (Wildman–Crippen MR) is 126 cm³/mol. The van der Waals surface area contributed by atoms with Crippen molar-refractivity contribution in [3.63, 3.8) is 0 Å². The van der Waals surface area contributed by atoms with Crippen molar-refractivity contribution in [3.8, 4) is 5.75 Å². The quantitative estimate of drug-likeness (QED) is 0.366. The first-order valence-electron chi connectivity index (χ1n) is 11.3. The summed E-state index contributed by atoms with van der Waals surface area (Å²) in [4.78, 5) is 23.6. The molecule has 0 spiro atoms. The summed E-state index contributed by atoms with van der Waals surface area (Å²) in [5.41, 5.74) is -0.515. The van der Waals surface area contributed by atoms with E-state index in [1.807, 2.05) is 0 Å². The summed E-state index contributed by atoms with van der Waals surface area (Å²) in [7, 11) is -4.49. The molecular weight excluding hydrogens is 518 g/mol. The number of carbonyl (C=O) groups excluding carboxylic acids is 2. The van der Waals surface area contributed by atoms with E-state index in [0.29, 0.717) is 5.56 Å². The van der Waals surface area contributed by atoms with Crippen molar-refractivity contribution in [2.45, 2.75) is 63.3 Å². The van der Waals surface area contributed by atoms with Crippen molar-refractivity contribution in [3.05, 3.63) is 53.8 Å². The lowest BCUT2D eigenvalue weighted by Crippen LogP contribution is -2.50. The van der Waals surface area contributed by atoms with Gasteiger partial charge in [0.25, 0.3) is 10.0 Å². The molecule has 12 heteroatoms. The minimum Gasteiger partial charge on any atom is -0.486 e. The first kappa shape index (κ1) is 28.4. The molecule has 37 heavy (non-hydrogen) atoms. The van der Waals surface area contributed by atoms with E-state index in [4.69, 9.17) is 9.47 Å². The van der Waals surface area contributed by atoms with Crippen LogP contribution < -0.4 is 9.04 Å². The van der Waals surface area contributed by atoms with E-state index in [0.717, 1.165) is 35.5 Å². The zero-order chi connectivity index (χ0) is 27.8. The third-order valence-electron chi connectivity index (χ3n) is 5.46. The van der Waals surface area contributed by atoms with Gasteiger partial charge in [-0.2, -0.15) is 13.2 Å². The molecule has 202 valence electrons. The molecule has 1 heterocycles. The average molecular weight is 546 g/mol. The number of ether oxygens (including phenoxy) is 2. The van der Waals surface area contributed by atoms with Gasteiger partial charge in [-0.25, -0.2) is 12.8 Å². The number of halogens is 4. The summed E-state index contributed by atoms with van der Waals surface area (Å²) in [6.07, 6.45) is -7.71. The smallest absolute Gasteiger partial charge is 0.395 e. The van der Waals surface area contributed by atoms with Crippen molar-refractivity contribution in [2.24, 2.45) is 5.92 Å². The molecule has 0 aliphatic carbocycles. The number of ketones is 1. The van der Waals surface area contributed by atoms with Crippen LogP contribution in [-0.2, 0) is 30.8 Å². The van der Waals surface area contributed by atoms with Crippen LogP contribution >= 0.6 is 0 Å². The molecule has 0 aromatic heterocycles. The number of benzene rings is 2. The summed E-state index contributed by atoms with van der Waals surface area (Å²) < 4.78 is 93.8. The highest BCUT2D eigenvalue weighted by Crippen LogP contribution is 2.43. The van der Waals surface area contributed by atoms with Gasteiger partial charge >= 0.3 is 12.1 Å². The number of hydrogen-bond acceptors (Lipinski definition) is 6. The van der Waals surface area contributed by atoms with Crippen LogP contribution in [0.3, 0.4) is 0 Å². The highest BCUT2D eigenvalue weighted by atomic mass is 32.2. The first-order chi connectivity index (χ1) is 17.0. The van der Waals surface area contributed by atoms with Crippen molar-refractivity contribution in [1.82, 2.24) is 0 Å². The molecule has 0 unspecified atom stereocenters. The molecular formula is C25H27F4NO6S. The van der Waals surface area contributed by atoms with Crippen molar-refractivity contribution >= 4 is 27.5 Å². The Morgan fingerprint density at radius 2 is 1.73 bits per heavy atom. The number of fused-ring (bicyclic) bond motifs is 1. The van der Waals surface area contributed by atoms with Crippen molar-refractivity contribution in [2.75, 3.05) is 10.8 Å². The summed E-state index contributed by atoms with van der Waals surface area (Å²) in [5, 5.41) is 0. The van der Waals surface area contributed by atoms with Gasteiger partial charge in [0.1, 0.15) is 35.0 Å². The van der Waals surface area contributed by atoms with Gasteiger partial charge in [-0.15, -0.1) is 0 Å². The molecule has 7 nitrogen and oxygen atoms in total. The number of alkyl halides is 3. The number of hydrogen-bond donors (Lipinski definition) is 0. The molecule has 0 fully saturated rings. The summed E-state index contributed by atoms with van der Waals surface area (Å²) >= 11 is 0. The fourth-order valence-corrected chi connectivity index (χ4v) is 5.39. The van der Waals surface area contributed by atoms with Gasteiger partial charge in [0, 0.05) is 6.42 Å². The number of Topliss-reactive ketones (excluding diaryl/α,β-unsaturated/α-hetero) is 1. The predicted octanol–water partition coefficient (Wildman–Crippen LogP) is 4.82. The Morgan fingerprint density at radius 3 is 2.27 bits per heavy atom. The summed E-state index contributed by atoms with van der Waals surface area (Å²) in [6.45, 7) is 5.29. The van der Waals surface area contributed by atoms with Crippen LogP contribution in [0.4, 0.5) is 23.2 Å². The Bertz CT molecular complexity index is 1270. The molecule has 0 N–H and O–H groups in total. The van der Waals surface area contributed by atoms with Crippen molar-refractivity contribution < 1.29 is 45.0 Å². The Morgan fingerprint density at radius 1 is 1.11 bits per heavy atom. The van der Waals surface area contributed by atoms with Gasteiger partial charge < -0.3 is 14.3 Å². The van der Waals surface area contributed by atoms with Crippen molar-refractivity contribution in [1.29, 1.82) is 0 Å². The van der Waals surface area contributed by atoms with E-state index in [1.165, 1.54) is 18.2 Å². The molecule has 3 rings (SSSR count). The van der Waals surface area contributed by atoms with Crippen LogP contribution in [0, 0.1) is 11.7 Å². The maximum absolute atomic E-state index is 13.9. The largest absolute Gasteiger partial charge is 0.486 e. The number of anilines is 1. The highest BCUT2D eigenvalue weighted by molar-refractivity contribution is 7.92. The van der Waals surface area contributed by atoms with Crippen LogP contribution in [0.25, 0.3) is 0 Å². The number of esters is 1. The molecule has 1 aliphatic rings. The van der Waals surface area contributed by atoms with E-state index < -0.39 is 64.4 Å². The van der Waals surface area contributed by atoms with Gasteiger partial charge in [0.15, 0.2) is 0 Å². The standard InChI is InChI=1S/C25H27F4NO6S/c1-15(31)11-19(25(27,28)29)22-14-30(37(33,34)18-8-6-17(26)7-9-18)20-12-16(5-10-21(20)35-22)13-23(32)36-24(2,3)4/h5-10,12,19,22H,11,13-14H2,1-4H3/t19-,22-/m0/s1. The molecule has 2 atom stereocenters. The van der Waals surface area contributed by atoms with Gasteiger partial charge in [0.2, 0.25) is 0 Å². The van der Waals surface area contributed by atoms with E-state index in [-0.39, 0.29) is 22.8 Å². The van der Waals surface area contributed by atoms with E-state index >= 15 is 0 Å². The van der Waals surface area contributed by atoms with E-state index in [2.05, 4.69) is 0 Å². The lowest BCUT2D eigenvalue weighted by Gasteiger charge is -2.39. The Kier molecular flexibility index (Phi) is 7.92. The molecule has 0 radical (unpaired) electrons. The van der Waals surface area contributed by atoms with Crippen LogP contribution in [0.5, 0.6) is 5.75 Å². The summed E-state index contributed by atoms with van der Waals surface area (Å²) in [6, 6.07) is 7.84. The Labute approximate surface area is 212 Å². The van der Waals surface area contributed by atoms with E-state index in [1.54, 1.807) is 20.8 Å². The second-order valence-corrected chi connectivity index (χ2v) is 11.6. The number of rotatable bonds is 7. The topological polar surface area (TPSA) is 90.0 Å². The lowest BCUT2D eigenvalue weighted by molar-refractivity contribution is -0.198. The van der Waals surface area contributed by atoms with Crippen LogP contribution in [0.2, 0.25) is 0 Å². The van der Waals surface area contributed by atoms with Gasteiger partial charge in [-0.05, 0) is 69.7 Å². The number of carbonyl (C=O) groups is 2. The second kappa shape index (κ2) is 10.3. The maximum atomic E-state index is 13.9. The zero-order valence-corrected chi connectivity index (χ0v) is 21.5. The average Bonchev–Trinajstić information content (AvgIpc) is 2.75. The minimum atomic E-state index is -4.85. The second-order valence-electron chi connectivity index (χ2n) is 9.77. The lowest BCUT2D eigenvalue weighted by atomic mass is 9.94. The monoisotopic (exact) mass is 545 g/mol. The zero-order valence-electron chi connectivity index (χ0n) is 20.6. The third-order valence-corrected chi connectivity index (χ3v) is 7.26. The van der Waals surface area contributed by atoms with Crippen LogP contribution in [0.15, 0.2) is 47.4 Å². The number of nitrogens with zero attached hydrogens (tertiary/aromatic N) is 1. The van der Waals surface area contributed by atoms with Gasteiger partial charge in [0.05, 0.1) is 23.5 Å². The van der Waals surface area contributed by atoms with Gasteiger partial charge in [-0.1, -0.05) is 6.07 Å².